The van der Waals surface area contributed by atoms with Gasteiger partial charge in [-0.15, -0.1) is 0 Å². The van der Waals surface area contributed by atoms with Crippen LogP contribution in [0.4, 0.5) is 5.69 Å². The number of halogens is 1. The van der Waals surface area contributed by atoms with E-state index in [1.54, 1.807) is 49.6 Å². The molecule has 0 fully saturated rings. The first-order chi connectivity index (χ1) is 15.5. The highest BCUT2D eigenvalue weighted by Crippen LogP contribution is 2.34. The molecule has 0 aliphatic carbocycles. The highest BCUT2D eigenvalue weighted by atomic mass is 35.5. The molecule has 1 N–H and O–H groups in total. The number of para-hydroxylation sites is 1. The average Bonchev–Trinajstić information content (AvgIpc) is 3.17. The van der Waals surface area contributed by atoms with Crippen LogP contribution in [0.3, 0.4) is 0 Å². The summed E-state index contributed by atoms with van der Waals surface area (Å²) in [6, 6.07) is 19.1. The molecule has 1 aromatic heterocycles. The molecule has 0 radical (unpaired) electrons. The molecule has 0 aliphatic rings. The van der Waals surface area contributed by atoms with Crippen molar-refractivity contribution in [2.24, 2.45) is 0 Å². The molecule has 0 atom stereocenters. The third kappa shape index (κ3) is 4.31. The molecule has 162 valence electrons. The van der Waals surface area contributed by atoms with Gasteiger partial charge in [0.2, 0.25) is 11.7 Å². The topological polar surface area (TPSA) is 77.8 Å². The quantitative estimate of drug-likeness (QED) is 0.376. The van der Waals surface area contributed by atoms with Crippen molar-refractivity contribution in [2.75, 3.05) is 19.5 Å². The number of ketones is 1. The van der Waals surface area contributed by atoms with Gasteiger partial charge in [0.15, 0.2) is 5.76 Å². The van der Waals surface area contributed by atoms with Crippen LogP contribution < -0.4 is 14.8 Å². The van der Waals surface area contributed by atoms with Gasteiger partial charge in [0.25, 0.3) is 0 Å². The Hall–Kier alpha value is -3.77. The summed E-state index contributed by atoms with van der Waals surface area (Å²) in [5, 5.41) is 3.80. The van der Waals surface area contributed by atoms with Crippen LogP contribution in [-0.4, -0.2) is 25.9 Å². The number of ether oxygens (including phenoxy) is 2. The summed E-state index contributed by atoms with van der Waals surface area (Å²) in [6.45, 7) is 0. The Morgan fingerprint density at radius 2 is 1.72 bits per heavy atom. The van der Waals surface area contributed by atoms with Crippen LogP contribution in [0, 0.1) is 0 Å². The first-order valence-corrected chi connectivity index (χ1v) is 10.2. The summed E-state index contributed by atoms with van der Waals surface area (Å²) in [6.07, 6.45) is 0.130. The molecule has 32 heavy (non-hydrogen) atoms. The van der Waals surface area contributed by atoms with E-state index in [4.69, 9.17) is 25.5 Å². The van der Waals surface area contributed by atoms with Crippen LogP contribution in [0.2, 0.25) is 5.02 Å². The molecule has 0 aliphatic heterocycles. The summed E-state index contributed by atoms with van der Waals surface area (Å²) in [4.78, 5) is 26.0. The van der Waals surface area contributed by atoms with Gasteiger partial charge in [-0.2, -0.15) is 0 Å². The number of carbonyl (C=O) groups is 2. The molecule has 0 spiro atoms. The zero-order chi connectivity index (χ0) is 22.7. The number of hydrogen-bond acceptors (Lipinski definition) is 5. The van der Waals surface area contributed by atoms with Crippen molar-refractivity contribution >= 4 is 39.9 Å². The second kappa shape index (κ2) is 9.16. The predicted octanol–water partition coefficient (Wildman–Crippen LogP) is 5.52. The Bertz CT molecular complexity index is 1290. The summed E-state index contributed by atoms with van der Waals surface area (Å²) < 4.78 is 16.1. The second-order valence-electron chi connectivity index (χ2n) is 7.05. The summed E-state index contributed by atoms with van der Waals surface area (Å²) in [5.41, 5.74) is 1.96. The fraction of sp³-hybridized carbons (Fsp3) is 0.120. The minimum absolute atomic E-state index is 0.0375. The maximum atomic E-state index is 13.2. The SMILES string of the molecule is COc1ccc(CC(=O)Nc2c(C(=O)c3ccc(OC)c(Cl)c3)oc3ccccc23)cc1. The van der Waals surface area contributed by atoms with Crippen LogP contribution in [0.15, 0.2) is 71.1 Å². The van der Waals surface area contributed by atoms with Gasteiger partial charge in [-0.1, -0.05) is 35.9 Å². The predicted molar refractivity (Wildman–Crippen MR) is 123 cm³/mol. The van der Waals surface area contributed by atoms with Crippen molar-refractivity contribution < 1.29 is 23.5 Å². The van der Waals surface area contributed by atoms with Crippen molar-refractivity contribution in [3.8, 4) is 11.5 Å². The highest BCUT2D eigenvalue weighted by molar-refractivity contribution is 6.32. The van der Waals surface area contributed by atoms with Gasteiger partial charge in [-0.05, 0) is 48.0 Å². The van der Waals surface area contributed by atoms with Gasteiger partial charge >= 0.3 is 0 Å². The number of nitrogens with one attached hydrogen (secondary N) is 1. The van der Waals surface area contributed by atoms with E-state index in [1.165, 1.54) is 13.2 Å². The van der Waals surface area contributed by atoms with E-state index in [0.717, 1.165) is 5.56 Å². The van der Waals surface area contributed by atoms with E-state index in [9.17, 15) is 9.59 Å². The molecule has 4 rings (SSSR count). The van der Waals surface area contributed by atoms with E-state index in [-0.39, 0.29) is 18.1 Å². The number of methoxy groups -OCH3 is 2. The Kier molecular flexibility index (Phi) is 6.14. The normalized spacial score (nSPS) is 10.7. The van der Waals surface area contributed by atoms with Crippen LogP contribution in [0.5, 0.6) is 11.5 Å². The van der Waals surface area contributed by atoms with Crippen molar-refractivity contribution in [1.82, 2.24) is 0 Å². The fourth-order valence-corrected chi connectivity index (χ4v) is 3.64. The third-order valence-electron chi connectivity index (χ3n) is 5.00. The summed E-state index contributed by atoms with van der Waals surface area (Å²) >= 11 is 6.19. The number of anilines is 1. The number of carbonyl (C=O) groups excluding carboxylic acids is 2. The smallest absolute Gasteiger partial charge is 0.230 e. The van der Waals surface area contributed by atoms with Crippen LogP contribution in [0.25, 0.3) is 11.0 Å². The maximum Gasteiger partial charge on any atom is 0.230 e. The molecule has 0 saturated heterocycles. The standard InChI is InChI=1S/C25H20ClNO5/c1-30-17-10-7-15(8-11-17)13-22(28)27-23-18-5-3-4-6-20(18)32-25(23)24(29)16-9-12-21(31-2)19(26)14-16/h3-12,14H,13H2,1-2H3,(H,27,28). The number of fused-ring (bicyclic) bond motifs is 1. The number of benzene rings is 3. The Morgan fingerprint density at radius 1 is 0.969 bits per heavy atom. The van der Waals surface area contributed by atoms with Gasteiger partial charge in [0.05, 0.1) is 31.4 Å². The van der Waals surface area contributed by atoms with Crippen LogP contribution >= 0.6 is 11.6 Å². The maximum absolute atomic E-state index is 13.2. The second-order valence-corrected chi connectivity index (χ2v) is 7.46. The number of rotatable bonds is 7. The molecule has 0 unspecified atom stereocenters. The molecule has 0 bridgehead atoms. The van der Waals surface area contributed by atoms with Crippen molar-refractivity contribution in [2.45, 2.75) is 6.42 Å². The Labute approximate surface area is 189 Å². The molecule has 4 aromatic rings. The van der Waals surface area contributed by atoms with E-state index in [0.29, 0.717) is 38.7 Å². The summed E-state index contributed by atoms with van der Waals surface area (Å²) in [7, 11) is 3.08. The van der Waals surface area contributed by atoms with Gasteiger partial charge in [-0.25, -0.2) is 0 Å². The number of furan rings is 1. The monoisotopic (exact) mass is 449 g/mol. The van der Waals surface area contributed by atoms with Crippen LogP contribution in [0.1, 0.15) is 21.7 Å². The minimum atomic E-state index is -0.398. The molecule has 7 heteroatoms. The summed E-state index contributed by atoms with van der Waals surface area (Å²) in [5.74, 6) is 0.534. The lowest BCUT2D eigenvalue weighted by Gasteiger charge is -2.08. The first-order valence-electron chi connectivity index (χ1n) is 9.82. The average molecular weight is 450 g/mol. The highest BCUT2D eigenvalue weighted by Gasteiger charge is 2.24. The first kappa shape index (κ1) is 21.5. The minimum Gasteiger partial charge on any atom is -0.497 e. The molecule has 1 heterocycles. The van der Waals surface area contributed by atoms with Crippen molar-refractivity contribution in [3.05, 3.63) is 88.6 Å². The van der Waals surface area contributed by atoms with Gasteiger partial charge < -0.3 is 19.2 Å². The van der Waals surface area contributed by atoms with E-state index in [1.807, 2.05) is 18.2 Å². The largest absolute Gasteiger partial charge is 0.497 e. The molecule has 0 saturated carbocycles. The van der Waals surface area contributed by atoms with Gasteiger partial charge in [0.1, 0.15) is 17.1 Å². The fourth-order valence-electron chi connectivity index (χ4n) is 3.38. The van der Waals surface area contributed by atoms with Crippen molar-refractivity contribution in [3.63, 3.8) is 0 Å². The Morgan fingerprint density at radius 3 is 2.41 bits per heavy atom. The number of hydrogen-bond donors (Lipinski definition) is 1. The van der Waals surface area contributed by atoms with E-state index in [2.05, 4.69) is 5.32 Å². The van der Waals surface area contributed by atoms with Gasteiger partial charge in [-0.3, -0.25) is 9.59 Å². The molecule has 1 amide bonds. The van der Waals surface area contributed by atoms with Crippen molar-refractivity contribution in [1.29, 1.82) is 0 Å². The third-order valence-corrected chi connectivity index (χ3v) is 5.30. The molecule has 3 aromatic carbocycles. The lowest BCUT2D eigenvalue weighted by molar-refractivity contribution is -0.115. The number of amides is 1. The van der Waals surface area contributed by atoms with Crippen LogP contribution in [-0.2, 0) is 11.2 Å². The lowest BCUT2D eigenvalue weighted by Crippen LogP contribution is -2.16. The van der Waals surface area contributed by atoms with Gasteiger partial charge in [0, 0.05) is 10.9 Å². The van der Waals surface area contributed by atoms with E-state index >= 15 is 0 Å². The molecular formula is C25H20ClNO5. The lowest BCUT2D eigenvalue weighted by atomic mass is 10.1. The molecular weight excluding hydrogens is 430 g/mol. The van der Waals surface area contributed by atoms with E-state index < -0.39 is 5.78 Å². The molecule has 6 nitrogen and oxygen atoms in total. The zero-order valence-electron chi connectivity index (χ0n) is 17.5. The Balaban J connectivity index is 1.66. The zero-order valence-corrected chi connectivity index (χ0v) is 18.2.